The van der Waals surface area contributed by atoms with E-state index < -0.39 is 0 Å². The van der Waals surface area contributed by atoms with Crippen LogP contribution in [0, 0.1) is 5.92 Å². The summed E-state index contributed by atoms with van der Waals surface area (Å²) in [5.74, 6) is 0.827. The first-order valence-corrected chi connectivity index (χ1v) is 8.54. The van der Waals surface area contributed by atoms with Crippen LogP contribution in [0.2, 0.25) is 0 Å². The van der Waals surface area contributed by atoms with Gasteiger partial charge in [-0.05, 0) is 69.4 Å². The minimum absolute atomic E-state index is 0.827. The van der Waals surface area contributed by atoms with Crippen LogP contribution in [0.1, 0.15) is 31.2 Å². The molecule has 116 valence electrons. The molecule has 0 aromatic heterocycles. The molecule has 1 aromatic carbocycles. The summed E-state index contributed by atoms with van der Waals surface area (Å²) in [5.41, 5.74) is 2.80. The van der Waals surface area contributed by atoms with E-state index in [1.165, 1.54) is 63.1 Å². The number of piperidine rings is 1. The molecular weight excluding hydrogens is 258 g/mol. The van der Waals surface area contributed by atoms with Gasteiger partial charge in [-0.2, -0.15) is 0 Å². The Kier molecular flexibility index (Phi) is 5.15. The number of rotatable bonds is 5. The van der Waals surface area contributed by atoms with E-state index in [1.807, 2.05) is 0 Å². The van der Waals surface area contributed by atoms with Crippen LogP contribution in [-0.4, -0.2) is 44.7 Å². The first kappa shape index (κ1) is 14.9. The Labute approximate surface area is 129 Å². The highest BCUT2D eigenvalue weighted by atomic mass is 15.1. The third-order valence-electron chi connectivity index (χ3n) is 4.89. The Bertz CT molecular complexity index is 423. The second-order valence-electron chi connectivity index (χ2n) is 6.76. The van der Waals surface area contributed by atoms with E-state index in [1.54, 1.807) is 0 Å². The van der Waals surface area contributed by atoms with Crippen molar-refractivity contribution >= 4 is 5.69 Å². The maximum absolute atomic E-state index is 3.64. The molecule has 3 nitrogen and oxygen atoms in total. The first-order valence-electron chi connectivity index (χ1n) is 8.54. The van der Waals surface area contributed by atoms with E-state index >= 15 is 0 Å². The average Bonchev–Trinajstić information content (AvgIpc) is 3.02. The van der Waals surface area contributed by atoms with Gasteiger partial charge in [0.1, 0.15) is 0 Å². The summed E-state index contributed by atoms with van der Waals surface area (Å²) >= 11 is 0. The normalized spacial score (nSPS) is 23.7. The van der Waals surface area contributed by atoms with E-state index in [4.69, 9.17) is 0 Å². The van der Waals surface area contributed by atoms with Crippen molar-refractivity contribution in [3.8, 4) is 0 Å². The van der Waals surface area contributed by atoms with E-state index in [-0.39, 0.29) is 0 Å². The van der Waals surface area contributed by atoms with Crippen molar-refractivity contribution in [1.29, 1.82) is 0 Å². The molecule has 2 fully saturated rings. The highest BCUT2D eigenvalue weighted by Gasteiger charge is 2.16. The topological polar surface area (TPSA) is 18.5 Å². The van der Waals surface area contributed by atoms with Gasteiger partial charge in [-0.3, -0.25) is 0 Å². The molecule has 1 aromatic rings. The van der Waals surface area contributed by atoms with Crippen molar-refractivity contribution in [3.63, 3.8) is 0 Å². The molecule has 0 spiro atoms. The smallest absolute Gasteiger partial charge is 0.0366 e. The second-order valence-corrected chi connectivity index (χ2v) is 6.76. The largest absolute Gasteiger partial charge is 0.372 e. The molecule has 1 unspecified atom stereocenters. The molecule has 2 aliphatic rings. The lowest BCUT2D eigenvalue weighted by Crippen LogP contribution is -2.37. The third kappa shape index (κ3) is 4.21. The predicted molar refractivity (Wildman–Crippen MR) is 89.8 cm³/mol. The van der Waals surface area contributed by atoms with Crippen LogP contribution in [0.15, 0.2) is 24.3 Å². The average molecular weight is 287 g/mol. The van der Waals surface area contributed by atoms with Crippen LogP contribution in [0.4, 0.5) is 5.69 Å². The molecule has 1 N–H and O–H groups in total. The fourth-order valence-electron chi connectivity index (χ4n) is 3.66. The molecule has 2 aliphatic heterocycles. The van der Waals surface area contributed by atoms with Crippen molar-refractivity contribution < 1.29 is 0 Å². The van der Waals surface area contributed by atoms with Gasteiger partial charge in [-0.15, -0.1) is 0 Å². The zero-order chi connectivity index (χ0) is 14.5. The number of benzene rings is 1. The number of nitrogens with one attached hydrogen (secondary N) is 1. The summed E-state index contributed by atoms with van der Waals surface area (Å²) in [5, 5.41) is 3.64. The zero-order valence-corrected chi connectivity index (χ0v) is 13.4. The Morgan fingerprint density at radius 3 is 2.52 bits per heavy atom. The lowest BCUT2D eigenvalue weighted by Gasteiger charge is -2.29. The fourth-order valence-corrected chi connectivity index (χ4v) is 3.66. The van der Waals surface area contributed by atoms with Crippen LogP contribution in [0.5, 0.6) is 0 Å². The molecule has 0 amide bonds. The molecular formula is C18H29N3. The summed E-state index contributed by atoms with van der Waals surface area (Å²) in [6.07, 6.45) is 5.43. The number of nitrogens with zero attached hydrogens (tertiary/aromatic N) is 2. The zero-order valence-electron chi connectivity index (χ0n) is 13.4. The molecule has 0 saturated carbocycles. The van der Waals surface area contributed by atoms with Crippen molar-refractivity contribution in [2.75, 3.05) is 44.7 Å². The van der Waals surface area contributed by atoms with Crippen molar-refractivity contribution in [2.45, 2.75) is 32.2 Å². The second kappa shape index (κ2) is 7.28. The van der Waals surface area contributed by atoms with Crippen molar-refractivity contribution in [2.24, 2.45) is 5.92 Å². The fraction of sp³-hybridized carbons (Fsp3) is 0.667. The minimum Gasteiger partial charge on any atom is -0.372 e. The predicted octanol–water partition coefficient (Wildman–Crippen LogP) is 2.72. The highest BCUT2D eigenvalue weighted by Crippen LogP contribution is 2.20. The van der Waals surface area contributed by atoms with E-state index in [0.29, 0.717) is 0 Å². The van der Waals surface area contributed by atoms with E-state index in [2.05, 4.69) is 46.4 Å². The Balaban J connectivity index is 1.42. The molecule has 21 heavy (non-hydrogen) atoms. The minimum atomic E-state index is 0.827. The third-order valence-corrected chi connectivity index (χ3v) is 4.89. The van der Waals surface area contributed by atoms with Gasteiger partial charge in [-0.25, -0.2) is 0 Å². The van der Waals surface area contributed by atoms with E-state index in [9.17, 15) is 0 Å². The van der Waals surface area contributed by atoms with Crippen LogP contribution in [-0.2, 0) is 6.54 Å². The quantitative estimate of drug-likeness (QED) is 0.898. The molecule has 0 radical (unpaired) electrons. The lowest BCUT2D eigenvalue weighted by atomic mass is 9.98. The molecule has 3 heteroatoms. The van der Waals surface area contributed by atoms with Crippen LogP contribution >= 0.6 is 0 Å². The van der Waals surface area contributed by atoms with Crippen molar-refractivity contribution in [1.82, 2.24) is 10.2 Å². The van der Waals surface area contributed by atoms with Gasteiger partial charge in [0.25, 0.3) is 0 Å². The summed E-state index contributed by atoms with van der Waals surface area (Å²) in [4.78, 5) is 4.95. The monoisotopic (exact) mass is 287 g/mol. The SMILES string of the molecule is CN1CCCC(CNCc2ccc(N3CCCC3)cc2)C1. The number of likely N-dealkylation sites (tertiary alicyclic amines) is 1. The molecule has 2 saturated heterocycles. The van der Waals surface area contributed by atoms with Crippen LogP contribution < -0.4 is 10.2 Å². The lowest BCUT2D eigenvalue weighted by molar-refractivity contribution is 0.206. The van der Waals surface area contributed by atoms with Gasteiger partial charge in [0.2, 0.25) is 0 Å². The number of anilines is 1. The van der Waals surface area contributed by atoms with Crippen LogP contribution in [0.25, 0.3) is 0 Å². The molecule has 3 rings (SSSR count). The highest BCUT2D eigenvalue weighted by molar-refractivity contribution is 5.48. The van der Waals surface area contributed by atoms with Gasteiger partial charge >= 0.3 is 0 Å². The number of hydrogen-bond donors (Lipinski definition) is 1. The van der Waals surface area contributed by atoms with Crippen LogP contribution in [0.3, 0.4) is 0 Å². The van der Waals surface area contributed by atoms with Crippen molar-refractivity contribution in [3.05, 3.63) is 29.8 Å². The summed E-state index contributed by atoms with van der Waals surface area (Å²) in [7, 11) is 2.24. The maximum Gasteiger partial charge on any atom is 0.0366 e. The van der Waals surface area contributed by atoms with Gasteiger partial charge in [0, 0.05) is 31.9 Å². The molecule has 0 aliphatic carbocycles. The summed E-state index contributed by atoms with van der Waals surface area (Å²) in [6, 6.07) is 9.15. The Morgan fingerprint density at radius 2 is 1.81 bits per heavy atom. The summed E-state index contributed by atoms with van der Waals surface area (Å²) in [6.45, 7) is 7.13. The summed E-state index contributed by atoms with van der Waals surface area (Å²) < 4.78 is 0. The Hall–Kier alpha value is -1.06. The van der Waals surface area contributed by atoms with Gasteiger partial charge in [-0.1, -0.05) is 12.1 Å². The number of hydrogen-bond acceptors (Lipinski definition) is 3. The molecule has 0 bridgehead atoms. The van der Waals surface area contributed by atoms with E-state index in [0.717, 1.165) is 19.0 Å². The standard InChI is InChI=1S/C18H29N3/c1-20-10-4-5-17(15-20)14-19-13-16-6-8-18(9-7-16)21-11-2-3-12-21/h6-9,17,19H,2-5,10-15H2,1H3. The first-order chi connectivity index (χ1) is 10.3. The maximum atomic E-state index is 3.64. The Morgan fingerprint density at radius 1 is 1.05 bits per heavy atom. The van der Waals surface area contributed by atoms with Gasteiger partial charge in [0.05, 0.1) is 0 Å². The van der Waals surface area contributed by atoms with Gasteiger partial charge in [0.15, 0.2) is 0 Å². The molecule has 1 atom stereocenters. The molecule has 2 heterocycles. The van der Waals surface area contributed by atoms with Gasteiger partial charge < -0.3 is 15.1 Å².